The van der Waals surface area contributed by atoms with Crippen LogP contribution in [-0.2, 0) is 11.3 Å². The van der Waals surface area contributed by atoms with Gasteiger partial charge >= 0.3 is 0 Å². The van der Waals surface area contributed by atoms with E-state index < -0.39 is 0 Å². The number of pyridine rings is 1. The number of fused-ring (bicyclic) bond motifs is 2. The summed E-state index contributed by atoms with van der Waals surface area (Å²) < 4.78 is 5.70. The first kappa shape index (κ1) is 14.1. The maximum absolute atomic E-state index is 5.70. The monoisotopic (exact) mass is 322 g/mol. The van der Waals surface area contributed by atoms with Crippen molar-refractivity contribution < 1.29 is 4.74 Å². The van der Waals surface area contributed by atoms with Gasteiger partial charge < -0.3 is 20.3 Å². The molecule has 5 heteroatoms. The van der Waals surface area contributed by atoms with Crippen LogP contribution in [0.2, 0.25) is 0 Å². The fraction of sp³-hybridized carbons (Fsp3) is 0.421. The van der Waals surface area contributed by atoms with E-state index in [2.05, 4.69) is 44.8 Å². The molecule has 2 aromatic rings. The van der Waals surface area contributed by atoms with Crippen LogP contribution in [0.5, 0.6) is 0 Å². The molecule has 0 saturated carbocycles. The van der Waals surface area contributed by atoms with Gasteiger partial charge in [0.2, 0.25) is 0 Å². The molecule has 4 heterocycles. The molecular formula is C19H22N4O. The summed E-state index contributed by atoms with van der Waals surface area (Å²) in [5, 5.41) is 6.99. The molecule has 0 atom stereocenters. The topological polar surface area (TPSA) is 49.4 Å². The van der Waals surface area contributed by atoms with Crippen molar-refractivity contribution in [2.75, 3.05) is 41.8 Å². The fourth-order valence-corrected chi connectivity index (χ4v) is 4.10. The Morgan fingerprint density at radius 2 is 2.12 bits per heavy atom. The van der Waals surface area contributed by atoms with E-state index >= 15 is 0 Å². The Hall–Kier alpha value is -2.27. The number of hydrogen-bond acceptors (Lipinski definition) is 5. The van der Waals surface area contributed by atoms with Crippen LogP contribution in [0.1, 0.15) is 18.4 Å². The molecule has 1 aromatic carbocycles. The van der Waals surface area contributed by atoms with Crippen LogP contribution < -0.4 is 15.5 Å². The van der Waals surface area contributed by atoms with Gasteiger partial charge in [0, 0.05) is 49.1 Å². The molecule has 24 heavy (non-hydrogen) atoms. The van der Waals surface area contributed by atoms with Crippen molar-refractivity contribution in [1.82, 2.24) is 4.98 Å². The SMILES string of the molecule is c1cnc2c(c1)CNc1cc(N3CC4(CCCOC4)C3)ccc1N2. The molecule has 3 aliphatic heterocycles. The Balaban J connectivity index is 1.36. The molecule has 0 bridgehead atoms. The average Bonchev–Trinajstić information content (AvgIpc) is 2.79. The number of nitrogens with one attached hydrogen (secondary N) is 2. The van der Waals surface area contributed by atoms with Crippen LogP contribution in [0.4, 0.5) is 22.9 Å². The van der Waals surface area contributed by atoms with Crippen LogP contribution in [0.15, 0.2) is 36.5 Å². The van der Waals surface area contributed by atoms with Crippen molar-refractivity contribution >= 4 is 22.9 Å². The quantitative estimate of drug-likeness (QED) is 0.843. The summed E-state index contributed by atoms with van der Waals surface area (Å²) in [6, 6.07) is 10.7. The average molecular weight is 322 g/mol. The molecule has 2 saturated heterocycles. The number of rotatable bonds is 1. The van der Waals surface area contributed by atoms with E-state index in [-0.39, 0.29) is 0 Å². The molecule has 124 valence electrons. The third-order valence-corrected chi connectivity index (χ3v) is 5.44. The second-order valence-electron chi connectivity index (χ2n) is 7.23. The zero-order valence-electron chi connectivity index (χ0n) is 13.7. The van der Waals surface area contributed by atoms with Crippen molar-refractivity contribution in [2.45, 2.75) is 19.4 Å². The number of nitrogens with zero attached hydrogens (tertiary/aromatic N) is 2. The minimum Gasteiger partial charge on any atom is -0.381 e. The second kappa shape index (κ2) is 5.38. The molecule has 2 N–H and O–H groups in total. The molecule has 0 unspecified atom stereocenters. The molecule has 0 aliphatic carbocycles. The predicted molar refractivity (Wildman–Crippen MR) is 96.0 cm³/mol. The summed E-state index contributed by atoms with van der Waals surface area (Å²) >= 11 is 0. The molecule has 1 spiro atoms. The zero-order valence-corrected chi connectivity index (χ0v) is 13.7. The number of hydrogen-bond donors (Lipinski definition) is 2. The third kappa shape index (κ3) is 2.31. The Labute approximate surface area is 142 Å². The molecule has 1 aromatic heterocycles. The van der Waals surface area contributed by atoms with Gasteiger partial charge in [-0.25, -0.2) is 4.98 Å². The van der Waals surface area contributed by atoms with Crippen LogP contribution in [-0.4, -0.2) is 31.3 Å². The van der Waals surface area contributed by atoms with E-state index in [0.29, 0.717) is 5.41 Å². The summed E-state index contributed by atoms with van der Waals surface area (Å²) in [6.45, 7) is 4.88. The van der Waals surface area contributed by atoms with Crippen LogP contribution in [0, 0.1) is 5.41 Å². The molecule has 0 radical (unpaired) electrons. The summed E-state index contributed by atoms with van der Waals surface area (Å²) in [7, 11) is 0. The van der Waals surface area contributed by atoms with Gasteiger partial charge in [0.15, 0.2) is 0 Å². The number of anilines is 4. The summed E-state index contributed by atoms with van der Waals surface area (Å²) in [6.07, 6.45) is 4.33. The van der Waals surface area contributed by atoms with E-state index in [1.807, 2.05) is 12.3 Å². The first-order valence-electron chi connectivity index (χ1n) is 8.73. The third-order valence-electron chi connectivity index (χ3n) is 5.44. The highest BCUT2D eigenvalue weighted by Gasteiger charge is 2.44. The van der Waals surface area contributed by atoms with Crippen LogP contribution in [0.25, 0.3) is 0 Å². The van der Waals surface area contributed by atoms with E-state index in [0.717, 1.165) is 50.0 Å². The van der Waals surface area contributed by atoms with Gasteiger partial charge in [0.05, 0.1) is 18.0 Å². The maximum atomic E-state index is 5.70. The maximum Gasteiger partial charge on any atom is 0.135 e. The largest absolute Gasteiger partial charge is 0.381 e. The molecule has 2 fully saturated rings. The number of aromatic nitrogens is 1. The lowest BCUT2D eigenvalue weighted by atomic mass is 9.75. The highest BCUT2D eigenvalue weighted by molar-refractivity contribution is 5.80. The minimum absolute atomic E-state index is 0.400. The van der Waals surface area contributed by atoms with Gasteiger partial charge in [-0.15, -0.1) is 0 Å². The standard InChI is InChI=1S/C19H22N4O/c1-3-14-10-21-17-9-15(4-5-16(17)22-18(14)20-7-1)23-11-19(12-23)6-2-8-24-13-19/h1,3-5,7,9,21H,2,6,8,10-13H2,(H,20,22). The Kier molecular flexibility index (Phi) is 3.16. The summed E-state index contributed by atoms with van der Waals surface area (Å²) in [5.74, 6) is 0.943. The van der Waals surface area contributed by atoms with Gasteiger partial charge in [-0.1, -0.05) is 6.07 Å². The van der Waals surface area contributed by atoms with Crippen LogP contribution >= 0.6 is 0 Å². The minimum atomic E-state index is 0.400. The van der Waals surface area contributed by atoms with Crippen molar-refractivity contribution in [3.8, 4) is 0 Å². The molecular weight excluding hydrogens is 300 g/mol. The smallest absolute Gasteiger partial charge is 0.135 e. The first-order valence-corrected chi connectivity index (χ1v) is 8.73. The van der Waals surface area contributed by atoms with Gasteiger partial charge in [-0.2, -0.15) is 0 Å². The van der Waals surface area contributed by atoms with Gasteiger partial charge in [-0.3, -0.25) is 0 Å². The molecule has 3 aliphatic rings. The first-order chi connectivity index (χ1) is 11.8. The Morgan fingerprint density at radius 1 is 1.17 bits per heavy atom. The highest BCUT2D eigenvalue weighted by Crippen LogP contribution is 2.42. The van der Waals surface area contributed by atoms with Crippen molar-refractivity contribution in [2.24, 2.45) is 5.41 Å². The molecule has 5 rings (SSSR count). The van der Waals surface area contributed by atoms with E-state index in [4.69, 9.17) is 4.74 Å². The fourth-order valence-electron chi connectivity index (χ4n) is 4.10. The Bertz CT molecular complexity index is 762. The van der Waals surface area contributed by atoms with Gasteiger partial charge in [-0.05, 0) is 37.1 Å². The summed E-state index contributed by atoms with van der Waals surface area (Å²) in [4.78, 5) is 6.91. The van der Waals surface area contributed by atoms with Crippen molar-refractivity contribution in [3.63, 3.8) is 0 Å². The zero-order chi connectivity index (χ0) is 16.0. The van der Waals surface area contributed by atoms with Crippen LogP contribution in [0.3, 0.4) is 0 Å². The second-order valence-corrected chi connectivity index (χ2v) is 7.23. The highest BCUT2D eigenvalue weighted by atomic mass is 16.5. The lowest BCUT2D eigenvalue weighted by Crippen LogP contribution is -2.60. The number of ether oxygens (including phenoxy) is 1. The molecule has 5 nitrogen and oxygen atoms in total. The summed E-state index contributed by atoms with van der Waals surface area (Å²) in [5.41, 5.74) is 5.12. The van der Waals surface area contributed by atoms with E-state index in [9.17, 15) is 0 Å². The van der Waals surface area contributed by atoms with Gasteiger partial charge in [0.1, 0.15) is 5.82 Å². The Morgan fingerprint density at radius 3 is 3.00 bits per heavy atom. The normalized spacial score (nSPS) is 20.9. The van der Waals surface area contributed by atoms with E-state index in [1.165, 1.54) is 24.1 Å². The van der Waals surface area contributed by atoms with E-state index in [1.54, 1.807) is 0 Å². The van der Waals surface area contributed by atoms with Crippen molar-refractivity contribution in [1.29, 1.82) is 0 Å². The van der Waals surface area contributed by atoms with Gasteiger partial charge in [0.25, 0.3) is 0 Å². The van der Waals surface area contributed by atoms with Crippen molar-refractivity contribution in [3.05, 3.63) is 42.1 Å². The molecule has 0 amide bonds. The predicted octanol–water partition coefficient (Wildman–Crippen LogP) is 3.37. The lowest BCUT2D eigenvalue weighted by molar-refractivity contribution is -0.0234. The lowest BCUT2D eigenvalue weighted by Gasteiger charge is -2.53. The number of benzene rings is 1.